The number of aromatic nitrogens is 2. The van der Waals surface area contributed by atoms with Crippen LogP contribution in [0.5, 0.6) is 0 Å². The number of hydrogen-bond donors (Lipinski definition) is 1. The average Bonchev–Trinajstić information content (AvgIpc) is 2.84. The Kier molecular flexibility index (Phi) is 3.06. The molecule has 0 fully saturated rings. The molecular weight excluding hydrogens is 244 g/mol. The Balaban J connectivity index is 1.80. The fourth-order valence-electron chi connectivity index (χ4n) is 1.61. The van der Waals surface area contributed by atoms with E-state index in [1.54, 1.807) is 0 Å². The van der Waals surface area contributed by atoms with Gasteiger partial charge in [-0.2, -0.15) is 5.10 Å². The molecule has 5 heteroatoms. The summed E-state index contributed by atoms with van der Waals surface area (Å²) >= 11 is 1.33. The quantitative estimate of drug-likeness (QED) is 0.558. The van der Waals surface area contributed by atoms with E-state index in [1.165, 1.54) is 11.9 Å². The third-order valence-corrected chi connectivity index (χ3v) is 3.12. The number of para-hydroxylation sites is 1. The summed E-state index contributed by atoms with van der Waals surface area (Å²) in [6.07, 6.45) is 0. The van der Waals surface area contributed by atoms with Gasteiger partial charge in [-0.25, -0.2) is 0 Å². The molecule has 3 aromatic rings. The van der Waals surface area contributed by atoms with Gasteiger partial charge in [0.1, 0.15) is 0 Å². The van der Waals surface area contributed by atoms with Crippen molar-refractivity contribution in [3.63, 3.8) is 0 Å². The fraction of sp³-hybridized carbons (Fsp3) is 0. The molecule has 0 radical (unpaired) electrons. The van der Waals surface area contributed by atoms with Gasteiger partial charge >= 0.3 is 0 Å². The highest BCUT2D eigenvalue weighted by Gasteiger charge is 2.02. The largest absolute Gasteiger partial charge is 0.276 e. The molecule has 18 heavy (non-hydrogen) atoms. The van der Waals surface area contributed by atoms with E-state index in [4.69, 9.17) is 0 Å². The zero-order valence-electron chi connectivity index (χ0n) is 9.45. The first-order chi connectivity index (χ1) is 8.93. The monoisotopic (exact) mass is 254 g/mol. The first kappa shape index (κ1) is 11.0. The van der Waals surface area contributed by atoms with Gasteiger partial charge in [-0.15, -0.1) is 9.63 Å². The van der Waals surface area contributed by atoms with Crippen LogP contribution in [0.15, 0.2) is 69.1 Å². The molecule has 1 N–H and O–H groups in total. The molecule has 0 aliphatic rings. The van der Waals surface area contributed by atoms with Crippen LogP contribution in [0.25, 0.3) is 10.9 Å². The summed E-state index contributed by atoms with van der Waals surface area (Å²) in [4.78, 5) is 1.06. The number of aromatic amines is 1. The molecule has 0 aliphatic carbocycles. The van der Waals surface area contributed by atoms with Crippen LogP contribution in [-0.2, 0) is 0 Å². The lowest BCUT2D eigenvalue weighted by molar-refractivity contribution is 1.09. The minimum atomic E-state index is 0.619. The standard InChI is InChI=1S/C13H10N4S/c1-2-6-10(7-3-1)18-17-16-13-11-8-4-5-9-12(11)14-15-13/h1-9H,(H,14,15). The number of rotatable bonds is 3. The lowest BCUT2D eigenvalue weighted by Gasteiger charge is -1.91. The van der Waals surface area contributed by atoms with Crippen LogP contribution in [0.3, 0.4) is 0 Å². The predicted octanol–water partition coefficient (Wildman–Crippen LogP) is 4.35. The number of nitrogens with one attached hydrogen (secondary N) is 1. The van der Waals surface area contributed by atoms with Gasteiger partial charge < -0.3 is 0 Å². The predicted molar refractivity (Wildman–Crippen MR) is 72.9 cm³/mol. The van der Waals surface area contributed by atoms with Gasteiger partial charge in [0.2, 0.25) is 5.82 Å². The molecule has 3 rings (SSSR count). The zero-order chi connectivity index (χ0) is 12.2. The smallest absolute Gasteiger partial charge is 0.203 e. The molecule has 2 aromatic carbocycles. The highest BCUT2D eigenvalue weighted by Crippen LogP contribution is 2.25. The summed E-state index contributed by atoms with van der Waals surface area (Å²) < 4.78 is 4.09. The molecule has 1 heterocycles. The maximum atomic E-state index is 4.14. The van der Waals surface area contributed by atoms with Crippen molar-refractivity contribution in [2.45, 2.75) is 4.90 Å². The summed E-state index contributed by atoms with van der Waals surface area (Å²) in [5, 5.41) is 12.2. The number of nitrogens with zero attached hydrogens (tertiary/aromatic N) is 3. The van der Waals surface area contributed by atoms with Crippen molar-refractivity contribution in [1.82, 2.24) is 10.2 Å². The van der Waals surface area contributed by atoms with E-state index in [-0.39, 0.29) is 0 Å². The maximum Gasteiger partial charge on any atom is 0.203 e. The van der Waals surface area contributed by atoms with E-state index in [1.807, 2.05) is 54.6 Å². The van der Waals surface area contributed by atoms with E-state index in [0.29, 0.717) is 5.82 Å². The Labute approximate surface area is 108 Å². The normalized spacial score (nSPS) is 11.3. The van der Waals surface area contributed by atoms with Crippen LogP contribution < -0.4 is 0 Å². The zero-order valence-corrected chi connectivity index (χ0v) is 10.3. The topological polar surface area (TPSA) is 53.4 Å². The molecule has 1 aromatic heterocycles. The van der Waals surface area contributed by atoms with E-state index in [2.05, 4.69) is 19.8 Å². The van der Waals surface area contributed by atoms with Crippen molar-refractivity contribution in [1.29, 1.82) is 0 Å². The third-order valence-electron chi connectivity index (χ3n) is 2.48. The fourth-order valence-corrected chi connectivity index (χ4v) is 2.10. The van der Waals surface area contributed by atoms with Crippen LogP contribution in [0, 0.1) is 0 Å². The first-order valence-corrected chi connectivity index (χ1v) is 6.27. The highest BCUT2D eigenvalue weighted by atomic mass is 32.2. The van der Waals surface area contributed by atoms with Crippen LogP contribution in [0.2, 0.25) is 0 Å². The highest BCUT2D eigenvalue weighted by molar-refractivity contribution is 7.97. The number of H-pyrrole nitrogens is 1. The van der Waals surface area contributed by atoms with Gasteiger partial charge in [0.15, 0.2) is 0 Å². The maximum absolute atomic E-state index is 4.14. The lowest BCUT2D eigenvalue weighted by atomic mass is 10.2. The SMILES string of the molecule is c1ccc(SN=Nc2n[nH]c3ccccc23)cc1. The van der Waals surface area contributed by atoms with Crippen molar-refractivity contribution in [3.05, 3.63) is 54.6 Å². The Bertz CT molecular complexity index is 676. The van der Waals surface area contributed by atoms with Crippen molar-refractivity contribution in [2.24, 2.45) is 9.63 Å². The van der Waals surface area contributed by atoms with Gasteiger partial charge in [-0.05, 0) is 24.3 Å². The van der Waals surface area contributed by atoms with Gasteiger partial charge in [-0.3, -0.25) is 5.10 Å². The molecule has 0 atom stereocenters. The molecule has 0 bridgehead atoms. The van der Waals surface area contributed by atoms with Crippen molar-refractivity contribution < 1.29 is 0 Å². The van der Waals surface area contributed by atoms with Crippen molar-refractivity contribution in [3.8, 4) is 0 Å². The minimum Gasteiger partial charge on any atom is -0.276 e. The summed E-state index contributed by atoms with van der Waals surface area (Å²) in [6, 6.07) is 17.8. The van der Waals surface area contributed by atoms with Gasteiger partial charge in [0.25, 0.3) is 0 Å². The van der Waals surface area contributed by atoms with E-state index in [0.717, 1.165) is 15.8 Å². The van der Waals surface area contributed by atoms with Crippen molar-refractivity contribution >= 4 is 28.7 Å². The van der Waals surface area contributed by atoms with E-state index < -0.39 is 0 Å². The van der Waals surface area contributed by atoms with E-state index >= 15 is 0 Å². The van der Waals surface area contributed by atoms with Crippen LogP contribution in [0.4, 0.5) is 5.82 Å². The molecule has 4 nitrogen and oxygen atoms in total. The van der Waals surface area contributed by atoms with Gasteiger partial charge in [0.05, 0.1) is 5.52 Å². The summed E-state index contributed by atoms with van der Waals surface area (Å²) in [5.74, 6) is 0.619. The van der Waals surface area contributed by atoms with Gasteiger partial charge in [-0.1, -0.05) is 30.3 Å². The molecule has 0 saturated heterocycles. The molecule has 88 valence electrons. The van der Waals surface area contributed by atoms with Crippen LogP contribution in [0.1, 0.15) is 0 Å². The van der Waals surface area contributed by atoms with E-state index in [9.17, 15) is 0 Å². The second kappa shape index (κ2) is 5.01. The summed E-state index contributed by atoms with van der Waals surface area (Å²) in [5.41, 5.74) is 0.969. The Morgan fingerprint density at radius 3 is 2.61 bits per heavy atom. The second-order valence-electron chi connectivity index (χ2n) is 3.68. The molecule has 0 amide bonds. The number of hydrogen-bond acceptors (Lipinski definition) is 4. The molecule has 0 unspecified atom stereocenters. The molecule has 0 saturated carbocycles. The Morgan fingerprint density at radius 1 is 0.944 bits per heavy atom. The van der Waals surface area contributed by atoms with Gasteiger partial charge in [0, 0.05) is 22.2 Å². The average molecular weight is 254 g/mol. The minimum absolute atomic E-state index is 0.619. The second-order valence-corrected chi connectivity index (χ2v) is 4.50. The lowest BCUT2D eigenvalue weighted by Crippen LogP contribution is -1.65. The molecule has 0 aliphatic heterocycles. The molecular formula is C13H10N4S. The summed E-state index contributed by atoms with van der Waals surface area (Å²) in [6.45, 7) is 0. The third kappa shape index (κ3) is 2.26. The van der Waals surface area contributed by atoms with Crippen LogP contribution in [-0.4, -0.2) is 10.2 Å². The van der Waals surface area contributed by atoms with Crippen LogP contribution >= 0.6 is 11.9 Å². The van der Waals surface area contributed by atoms with Crippen molar-refractivity contribution in [2.75, 3.05) is 0 Å². The first-order valence-electron chi connectivity index (χ1n) is 5.50. The number of fused-ring (bicyclic) bond motifs is 1. The number of benzene rings is 2. The summed E-state index contributed by atoms with van der Waals surface area (Å²) in [7, 11) is 0. The Hall–Kier alpha value is -2.14. The molecule has 0 spiro atoms. The Morgan fingerprint density at radius 2 is 1.72 bits per heavy atom.